The third-order valence-electron chi connectivity index (χ3n) is 9.02. The second-order valence-corrected chi connectivity index (χ2v) is 12.4. The predicted octanol–water partition coefficient (Wildman–Crippen LogP) is 5.93. The van der Waals surface area contributed by atoms with Crippen molar-refractivity contribution in [2.24, 2.45) is 0 Å². The van der Waals surface area contributed by atoms with E-state index < -0.39 is 12.1 Å². The summed E-state index contributed by atoms with van der Waals surface area (Å²) >= 11 is 0. The van der Waals surface area contributed by atoms with Crippen LogP contribution in [0.1, 0.15) is 71.4 Å². The van der Waals surface area contributed by atoms with Crippen molar-refractivity contribution in [3.63, 3.8) is 0 Å². The molecule has 12 heteroatoms. The van der Waals surface area contributed by atoms with Crippen molar-refractivity contribution in [3.8, 4) is 11.8 Å². The number of benzene rings is 2. The highest BCUT2D eigenvalue weighted by atomic mass is 16.5. The van der Waals surface area contributed by atoms with E-state index in [0.717, 1.165) is 24.0 Å². The van der Waals surface area contributed by atoms with Gasteiger partial charge in [0, 0.05) is 36.9 Å². The summed E-state index contributed by atoms with van der Waals surface area (Å²) in [6, 6.07) is 20.5. The van der Waals surface area contributed by atoms with E-state index in [1.165, 1.54) is 0 Å². The zero-order valence-electron chi connectivity index (χ0n) is 29.3. The lowest BCUT2D eigenvalue weighted by Crippen LogP contribution is -2.43. The number of carbonyl (C=O) groups excluding carboxylic acids is 4. The minimum atomic E-state index is -0.588. The van der Waals surface area contributed by atoms with Crippen LogP contribution in [0.5, 0.6) is 11.8 Å². The molecule has 2 aromatic heterocycles. The number of hydrogen-bond donors (Lipinski definition) is 2. The van der Waals surface area contributed by atoms with Crippen LogP contribution in [-0.4, -0.2) is 81.8 Å². The van der Waals surface area contributed by atoms with Crippen LogP contribution in [0, 0.1) is 0 Å². The van der Waals surface area contributed by atoms with E-state index in [9.17, 15) is 19.2 Å². The van der Waals surface area contributed by atoms with E-state index in [0.29, 0.717) is 61.6 Å². The molecule has 268 valence electrons. The van der Waals surface area contributed by atoms with Crippen molar-refractivity contribution >= 4 is 47.2 Å². The lowest BCUT2D eigenvalue weighted by Gasteiger charge is -2.24. The molecule has 2 N–H and O–H groups in total. The lowest BCUT2D eigenvalue weighted by molar-refractivity contribution is -0.120. The zero-order chi connectivity index (χ0) is 36.5. The molecule has 2 aliphatic rings. The van der Waals surface area contributed by atoms with Gasteiger partial charge in [0.1, 0.15) is 23.2 Å². The molecule has 4 aromatic rings. The van der Waals surface area contributed by atoms with E-state index in [1.807, 2.05) is 74.5 Å². The number of nitrogens with zero attached hydrogens (tertiary/aromatic N) is 4. The molecule has 4 heterocycles. The maximum Gasteiger partial charge on any atom is 0.260 e. The number of ether oxygens (including phenoxy) is 2. The summed E-state index contributed by atoms with van der Waals surface area (Å²) in [4.78, 5) is 64.8. The van der Waals surface area contributed by atoms with Crippen molar-refractivity contribution in [2.45, 2.75) is 51.6 Å². The summed E-state index contributed by atoms with van der Waals surface area (Å²) in [5.74, 6) is -0.468. The Morgan fingerprint density at radius 2 is 1.06 bits per heavy atom. The molecule has 2 aliphatic heterocycles. The number of likely N-dealkylation sites (tertiary alicyclic amines) is 2. The standard InChI is InChI=1S/C40H42N6O6/c1-3-51-37-31(9-5-23-41-37)39(49)45-25-7-11-33(45)35(47)43-29-19-15-27(16-20-29)13-14-28-17-21-30(22-18-28)44-36(48)34-12-8-26-46(34)40(50)32-10-6-24-42-38(32)52-4-2/h5-6,9-10,13-24,33-34H,3-4,7-8,11-12,25-26H2,1-2H3,(H,43,47)(H,44,48)/t33-,34-/m0/s1. The van der Waals surface area contributed by atoms with Crippen LogP contribution >= 0.6 is 0 Å². The van der Waals surface area contributed by atoms with Gasteiger partial charge in [-0.25, -0.2) is 9.97 Å². The Morgan fingerprint density at radius 3 is 1.44 bits per heavy atom. The smallest absolute Gasteiger partial charge is 0.260 e. The Kier molecular flexibility index (Phi) is 11.5. The number of carbonyl (C=O) groups is 4. The molecular formula is C40H42N6O6. The summed E-state index contributed by atoms with van der Waals surface area (Å²) in [5, 5.41) is 5.92. The minimum Gasteiger partial charge on any atom is -0.477 e. The molecule has 0 aliphatic carbocycles. The number of rotatable bonds is 12. The van der Waals surface area contributed by atoms with E-state index in [2.05, 4.69) is 20.6 Å². The third-order valence-corrected chi connectivity index (χ3v) is 9.02. The fourth-order valence-electron chi connectivity index (χ4n) is 6.48. The first-order valence-corrected chi connectivity index (χ1v) is 17.6. The first kappa shape index (κ1) is 35.8. The van der Waals surface area contributed by atoms with E-state index in [4.69, 9.17) is 9.47 Å². The van der Waals surface area contributed by atoms with Crippen LogP contribution < -0.4 is 20.1 Å². The lowest BCUT2D eigenvalue weighted by atomic mass is 10.1. The largest absolute Gasteiger partial charge is 0.477 e. The quantitative estimate of drug-likeness (QED) is 0.173. The van der Waals surface area contributed by atoms with Gasteiger partial charge in [0.15, 0.2) is 0 Å². The molecule has 0 saturated carbocycles. The molecule has 6 rings (SSSR count). The molecule has 2 atom stereocenters. The number of amides is 4. The molecule has 2 fully saturated rings. The second-order valence-electron chi connectivity index (χ2n) is 12.4. The van der Waals surface area contributed by atoms with Crippen molar-refractivity contribution in [1.82, 2.24) is 19.8 Å². The molecule has 2 aromatic carbocycles. The van der Waals surface area contributed by atoms with Crippen molar-refractivity contribution in [1.29, 1.82) is 0 Å². The van der Waals surface area contributed by atoms with Crippen LogP contribution in [-0.2, 0) is 9.59 Å². The van der Waals surface area contributed by atoms with Crippen LogP contribution in [0.4, 0.5) is 11.4 Å². The Morgan fingerprint density at radius 1 is 0.654 bits per heavy atom. The molecular weight excluding hydrogens is 660 g/mol. The Bertz CT molecular complexity index is 1790. The first-order chi connectivity index (χ1) is 25.4. The van der Waals surface area contributed by atoms with E-state index >= 15 is 0 Å². The highest BCUT2D eigenvalue weighted by Crippen LogP contribution is 2.27. The number of anilines is 2. The first-order valence-electron chi connectivity index (χ1n) is 17.6. The SMILES string of the molecule is CCOc1ncccc1C(=O)N1CCC[C@H]1C(=O)Nc1ccc(C=Cc2ccc(NC(=O)[C@@H]3CCCN3C(=O)c3cccnc3OCC)cc2)cc1. The zero-order valence-corrected chi connectivity index (χ0v) is 29.3. The molecule has 52 heavy (non-hydrogen) atoms. The number of nitrogens with one attached hydrogen (secondary N) is 2. The molecule has 2 saturated heterocycles. The van der Waals surface area contributed by atoms with Crippen LogP contribution in [0.3, 0.4) is 0 Å². The van der Waals surface area contributed by atoms with Gasteiger partial charge in [-0.3, -0.25) is 19.2 Å². The Labute approximate surface area is 302 Å². The van der Waals surface area contributed by atoms with Gasteiger partial charge in [-0.15, -0.1) is 0 Å². The average Bonchev–Trinajstić information content (AvgIpc) is 3.87. The number of hydrogen-bond acceptors (Lipinski definition) is 8. The topological polar surface area (TPSA) is 143 Å². The van der Waals surface area contributed by atoms with Gasteiger partial charge in [-0.05, 0) is 99.2 Å². The summed E-state index contributed by atoms with van der Waals surface area (Å²) in [6.07, 6.45) is 9.68. The monoisotopic (exact) mass is 702 g/mol. The van der Waals surface area contributed by atoms with E-state index in [1.54, 1.807) is 46.5 Å². The molecule has 0 radical (unpaired) electrons. The summed E-state index contributed by atoms with van der Waals surface area (Å²) in [6.45, 7) is 5.40. The number of pyridine rings is 2. The Balaban J connectivity index is 1.02. The van der Waals surface area contributed by atoms with Gasteiger partial charge in [0.05, 0.1) is 13.2 Å². The normalized spacial score (nSPS) is 16.9. The van der Waals surface area contributed by atoms with Crippen LogP contribution in [0.2, 0.25) is 0 Å². The fraction of sp³-hybridized carbons (Fsp3) is 0.300. The fourth-order valence-corrected chi connectivity index (χ4v) is 6.48. The van der Waals surface area contributed by atoms with Gasteiger partial charge in [0.2, 0.25) is 23.6 Å². The molecule has 12 nitrogen and oxygen atoms in total. The van der Waals surface area contributed by atoms with Gasteiger partial charge in [-0.1, -0.05) is 36.4 Å². The van der Waals surface area contributed by atoms with Gasteiger partial charge < -0.3 is 29.9 Å². The van der Waals surface area contributed by atoms with Crippen molar-refractivity contribution < 1.29 is 28.7 Å². The Hall–Kier alpha value is -6.04. The van der Waals surface area contributed by atoms with Crippen molar-refractivity contribution in [2.75, 3.05) is 36.9 Å². The molecule has 0 spiro atoms. The predicted molar refractivity (Wildman–Crippen MR) is 198 cm³/mol. The van der Waals surface area contributed by atoms with Gasteiger partial charge >= 0.3 is 0 Å². The van der Waals surface area contributed by atoms with Crippen molar-refractivity contribution in [3.05, 3.63) is 107 Å². The third kappa shape index (κ3) is 8.28. The minimum absolute atomic E-state index is 0.236. The highest BCUT2D eigenvalue weighted by Gasteiger charge is 2.37. The molecule has 0 unspecified atom stereocenters. The maximum absolute atomic E-state index is 13.4. The second kappa shape index (κ2) is 16.8. The average molecular weight is 703 g/mol. The van der Waals surface area contributed by atoms with Crippen LogP contribution in [0.25, 0.3) is 12.2 Å². The maximum atomic E-state index is 13.4. The molecule has 4 amide bonds. The molecule has 0 bridgehead atoms. The van der Waals surface area contributed by atoms with Gasteiger partial charge in [0.25, 0.3) is 11.8 Å². The van der Waals surface area contributed by atoms with Crippen LogP contribution in [0.15, 0.2) is 85.2 Å². The summed E-state index contributed by atoms with van der Waals surface area (Å²) in [7, 11) is 0. The highest BCUT2D eigenvalue weighted by molar-refractivity contribution is 6.03. The summed E-state index contributed by atoms with van der Waals surface area (Å²) < 4.78 is 11.1. The summed E-state index contributed by atoms with van der Waals surface area (Å²) in [5.41, 5.74) is 3.83. The van der Waals surface area contributed by atoms with E-state index in [-0.39, 0.29) is 35.4 Å². The number of aromatic nitrogens is 2. The van der Waals surface area contributed by atoms with Gasteiger partial charge in [-0.2, -0.15) is 0 Å².